The van der Waals surface area contributed by atoms with Crippen LogP contribution in [0.4, 0.5) is 0 Å². The Hall–Kier alpha value is -1.51. The number of phenols is 1. The summed E-state index contributed by atoms with van der Waals surface area (Å²) >= 11 is 6.24. The number of aromatic hydroxyl groups is 1. The van der Waals surface area contributed by atoms with E-state index in [0.717, 1.165) is 32.8 Å². The zero-order chi connectivity index (χ0) is 13.6. The predicted octanol–water partition coefficient (Wildman–Crippen LogP) is 4.61. The highest BCUT2D eigenvalue weighted by atomic mass is 35.5. The van der Waals surface area contributed by atoms with Gasteiger partial charge in [0.15, 0.2) is 0 Å². The van der Waals surface area contributed by atoms with Gasteiger partial charge in [-0.2, -0.15) is 0 Å². The van der Waals surface area contributed by atoms with Crippen LogP contribution in [0.15, 0.2) is 30.3 Å². The van der Waals surface area contributed by atoms with Gasteiger partial charge in [-0.3, -0.25) is 0 Å². The summed E-state index contributed by atoms with van der Waals surface area (Å²) < 4.78 is 5.85. The molecule has 2 aromatic carbocycles. The minimum atomic E-state index is -0.0476. The molecule has 19 heavy (non-hydrogen) atoms. The van der Waals surface area contributed by atoms with Crippen LogP contribution in [-0.2, 0) is 11.3 Å². The van der Waals surface area contributed by atoms with Crippen molar-refractivity contribution < 1.29 is 9.84 Å². The summed E-state index contributed by atoms with van der Waals surface area (Å²) in [5.74, 6) is 0.260. The van der Waals surface area contributed by atoms with E-state index < -0.39 is 0 Å². The van der Waals surface area contributed by atoms with Crippen molar-refractivity contribution in [1.82, 2.24) is 0 Å². The molecule has 0 saturated carbocycles. The van der Waals surface area contributed by atoms with E-state index in [9.17, 15) is 5.11 Å². The van der Waals surface area contributed by atoms with E-state index in [0.29, 0.717) is 6.61 Å². The van der Waals surface area contributed by atoms with Gasteiger partial charge in [-0.15, -0.1) is 0 Å². The Kier molecular flexibility index (Phi) is 3.00. The smallest absolute Gasteiger partial charge is 0.115 e. The predicted molar refractivity (Wildman–Crippen MR) is 76.5 cm³/mol. The van der Waals surface area contributed by atoms with Crippen molar-refractivity contribution in [3.63, 3.8) is 0 Å². The molecule has 0 aliphatic carbocycles. The lowest BCUT2D eigenvalue weighted by Gasteiger charge is -2.13. The second kappa shape index (κ2) is 4.55. The van der Waals surface area contributed by atoms with Crippen molar-refractivity contribution in [2.75, 3.05) is 0 Å². The molecule has 1 unspecified atom stereocenters. The number of hydrogen-bond donors (Lipinski definition) is 1. The van der Waals surface area contributed by atoms with Crippen molar-refractivity contribution >= 4 is 11.6 Å². The van der Waals surface area contributed by atoms with Crippen LogP contribution < -0.4 is 0 Å². The van der Waals surface area contributed by atoms with Crippen LogP contribution in [0.2, 0.25) is 5.02 Å². The first-order valence-corrected chi connectivity index (χ1v) is 6.68. The summed E-state index contributed by atoms with van der Waals surface area (Å²) in [5.41, 5.74) is 5.37. The lowest BCUT2D eigenvalue weighted by molar-refractivity contribution is 0.0549. The van der Waals surface area contributed by atoms with Crippen LogP contribution in [0, 0.1) is 6.92 Å². The maximum Gasteiger partial charge on any atom is 0.115 e. The Morgan fingerprint density at radius 3 is 2.79 bits per heavy atom. The molecule has 1 N–H and O–H groups in total. The van der Waals surface area contributed by atoms with E-state index in [1.165, 1.54) is 0 Å². The molecule has 1 aliphatic heterocycles. The fourth-order valence-corrected chi connectivity index (χ4v) is 2.71. The quantitative estimate of drug-likeness (QED) is 0.760. The minimum Gasteiger partial charge on any atom is -0.508 e. The third kappa shape index (κ3) is 2.11. The molecule has 0 spiro atoms. The van der Waals surface area contributed by atoms with Gasteiger partial charge in [-0.1, -0.05) is 23.7 Å². The molecule has 2 nitrogen and oxygen atoms in total. The van der Waals surface area contributed by atoms with Gasteiger partial charge in [0.2, 0.25) is 0 Å². The Bertz CT molecular complexity index is 649. The summed E-state index contributed by atoms with van der Waals surface area (Å²) in [6.45, 7) is 4.55. The van der Waals surface area contributed by atoms with Crippen molar-refractivity contribution in [3.8, 4) is 16.9 Å². The number of hydrogen-bond acceptors (Lipinski definition) is 2. The number of ether oxygens (including phenoxy) is 1. The molecular weight excluding hydrogens is 260 g/mol. The lowest BCUT2D eigenvalue weighted by atomic mass is 9.93. The summed E-state index contributed by atoms with van der Waals surface area (Å²) in [6, 6.07) is 9.47. The van der Waals surface area contributed by atoms with Crippen LogP contribution in [0.25, 0.3) is 11.1 Å². The van der Waals surface area contributed by atoms with E-state index in [-0.39, 0.29) is 11.9 Å². The molecule has 0 fully saturated rings. The zero-order valence-electron chi connectivity index (χ0n) is 10.9. The molecule has 0 bridgehead atoms. The van der Waals surface area contributed by atoms with Gasteiger partial charge in [-0.05, 0) is 59.9 Å². The third-order valence-corrected chi connectivity index (χ3v) is 4.04. The Morgan fingerprint density at radius 2 is 2.00 bits per heavy atom. The molecule has 1 atom stereocenters. The first-order valence-electron chi connectivity index (χ1n) is 6.30. The van der Waals surface area contributed by atoms with Gasteiger partial charge >= 0.3 is 0 Å². The van der Waals surface area contributed by atoms with Crippen molar-refractivity contribution in [2.24, 2.45) is 0 Å². The van der Waals surface area contributed by atoms with E-state index in [4.69, 9.17) is 16.3 Å². The number of rotatable bonds is 0. The molecule has 0 radical (unpaired) electrons. The summed E-state index contributed by atoms with van der Waals surface area (Å²) in [6.07, 6.45) is -0.0476. The van der Waals surface area contributed by atoms with Crippen LogP contribution in [0.3, 0.4) is 0 Å². The summed E-state index contributed by atoms with van der Waals surface area (Å²) in [4.78, 5) is 0. The summed E-state index contributed by atoms with van der Waals surface area (Å²) in [7, 11) is 0. The van der Waals surface area contributed by atoms with E-state index in [1.54, 1.807) is 12.1 Å². The van der Waals surface area contributed by atoms with E-state index >= 15 is 0 Å². The molecular formula is C16H15ClO2. The number of phenolic OH excluding ortho intramolecular Hbond substituents is 1. The van der Waals surface area contributed by atoms with Gasteiger partial charge in [0, 0.05) is 5.02 Å². The van der Waals surface area contributed by atoms with Crippen LogP contribution in [-0.4, -0.2) is 5.11 Å². The average molecular weight is 275 g/mol. The Balaban J connectivity index is 2.29. The van der Waals surface area contributed by atoms with Crippen molar-refractivity contribution in [2.45, 2.75) is 26.6 Å². The van der Waals surface area contributed by atoms with Crippen molar-refractivity contribution in [3.05, 3.63) is 52.0 Å². The van der Waals surface area contributed by atoms with Gasteiger partial charge < -0.3 is 9.84 Å². The van der Waals surface area contributed by atoms with Crippen molar-refractivity contribution in [1.29, 1.82) is 0 Å². The standard InChI is InChI=1S/C16H15ClO2/c1-9-5-11-8-19-10(2)14-6-12(18)3-4-13(14)15(11)7-16(9)17/h3-7,10,18H,8H2,1-2H3. The molecule has 98 valence electrons. The third-order valence-electron chi connectivity index (χ3n) is 3.64. The van der Waals surface area contributed by atoms with Gasteiger partial charge in [0.05, 0.1) is 12.7 Å². The first kappa shape index (κ1) is 12.5. The number of halogens is 1. The van der Waals surface area contributed by atoms with Gasteiger partial charge in [0.1, 0.15) is 5.75 Å². The Morgan fingerprint density at radius 1 is 1.21 bits per heavy atom. The molecule has 2 aromatic rings. The Labute approximate surface area is 117 Å². The van der Waals surface area contributed by atoms with Crippen LogP contribution in [0.1, 0.15) is 29.7 Å². The molecule has 0 saturated heterocycles. The average Bonchev–Trinajstić information content (AvgIpc) is 2.50. The topological polar surface area (TPSA) is 29.5 Å². The van der Waals surface area contributed by atoms with Crippen LogP contribution >= 0.6 is 11.6 Å². The first-order chi connectivity index (χ1) is 9.06. The molecule has 3 heteroatoms. The van der Waals surface area contributed by atoms with E-state index in [1.807, 2.05) is 26.0 Å². The number of fused-ring (bicyclic) bond motifs is 3. The highest BCUT2D eigenvalue weighted by Gasteiger charge is 2.21. The molecule has 3 rings (SSSR count). The molecule has 0 aromatic heterocycles. The lowest BCUT2D eigenvalue weighted by Crippen LogP contribution is -1.97. The fourth-order valence-electron chi connectivity index (χ4n) is 2.55. The molecule has 0 amide bonds. The highest BCUT2D eigenvalue weighted by Crippen LogP contribution is 2.40. The monoisotopic (exact) mass is 274 g/mol. The second-order valence-corrected chi connectivity index (χ2v) is 5.39. The zero-order valence-corrected chi connectivity index (χ0v) is 11.7. The van der Waals surface area contributed by atoms with Gasteiger partial charge in [-0.25, -0.2) is 0 Å². The SMILES string of the molecule is Cc1cc2c(cc1Cl)-c1ccc(O)cc1C(C)OC2. The fraction of sp³-hybridized carbons (Fsp3) is 0.250. The highest BCUT2D eigenvalue weighted by molar-refractivity contribution is 6.31. The minimum absolute atomic E-state index is 0.0476. The number of benzene rings is 2. The maximum atomic E-state index is 9.66. The molecule has 1 heterocycles. The normalized spacial score (nSPS) is 17.5. The molecule has 1 aliphatic rings. The van der Waals surface area contributed by atoms with Gasteiger partial charge in [0.25, 0.3) is 0 Å². The van der Waals surface area contributed by atoms with E-state index in [2.05, 4.69) is 6.07 Å². The number of aryl methyl sites for hydroxylation is 1. The maximum absolute atomic E-state index is 9.66. The summed E-state index contributed by atoms with van der Waals surface area (Å²) in [5, 5.41) is 10.4. The second-order valence-electron chi connectivity index (χ2n) is 4.98. The largest absolute Gasteiger partial charge is 0.508 e. The van der Waals surface area contributed by atoms with Crippen LogP contribution in [0.5, 0.6) is 5.75 Å².